The largest absolute Gasteiger partial charge is 0.306 e. The summed E-state index contributed by atoms with van der Waals surface area (Å²) in [5, 5.41) is 7.99. The Morgan fingerprint density at radius 2 is 1.88 bits per heavy atom. The van der Waals surface area contributed by atoms with Crippen LogP contribution in [0.2, 0.25) is 0 Å². The van der Waals surface area contributed by atoms with Gasteiger partial charge in [-0.1, -0.05) is 36.8 Å². The zero-order chi connectivity index (χ0) is 12.1. The highest BCUT2D eigenvalue weighted by molar-refractivity contribution is 7.08. The molecule has 1 aromatic carbocycles. The van der Waals surface area contributed by atoms with Crippen molar-refractivity contribution in [3.8, 4) is 0 Å². The summed E-state index contributed by atoms with van der Waals surface area (Å²) >= 11 is 1.76. The molecule has 0 saturated heterocycles. The first-order valence-electron chi connectivity index (χ1n) is 6.13. The highest BCUT2D eigenvalue weighted by Crippen LogP contribution is 2.24. The van der Waals surface area contributed by atoms with Crippen LogP contribution in [0.4, 0.5) is 0 Å². The molecule has 1 unspecified atom stereocenters. The average Bonchev–Trinajstić information content (AvgIpc) is 2.85. The summed E-state index contributed by atoms with van der Waals surface area (Å²) in [5.41, 5.74) is 4.03. The standard InChI is InChI=1S/C15H19NS/c1-3-9-16-15(14-8-10-17-11-14)13-6-4-12(2)5-7-13/h4-8,10-11,15-16H,3,9H2,1-2H3. The Bertz CT molecular complexity index is 430. The van der Waals surface area contributed by atoms with E-state index in [9.17, 15) is 0 Å². The first-order valence-corrected chi connectivity index (χ1v) is 7.07. The van der Waals surface area contributed by atoms with Gasteiger partial charge in [-0.05, 0) is 47.8 Å². The molecule has 2 rings (SSSR count). The van der Waals surface area contributed by atoms with Gasteiger partial charge in [-0.2, -0.15) is 11.3 Å². The maximum Gasteiger partial charge on any atom is 0.0584 e. The fourth-order valence-electron chi connectivity index (χ4n) is 1.91. The Hall–Kier alpha value is -1.12. The smallest absolute Gasteiger partial charge is 0.0584 e. The van der Waals surface area contributed by atoms with Crippen LogP contribution in [-0.4, -0.2) is 6.54 Å². The molecule has 90 valence electrons. The van der Waals surface area contributed by atoms with Crippen LogP contribution in [0.25, 0.3) is 0 Å². The topological polar surface area (TPSA) is 12.0 Å². The van der Waals surface area contributed by atoms with Gasteiger partial charge >= 0.3 is 0 Å². The Labute approximate surface area is 108 Å². The van der Waals surface area contributed by atoms with Crippen LogP contribution >= 0.6 is 11.3 Å². The molecular formula is C15H19NS. The van der Waals surface area contributed by atoms with Crippen LogP contribution in [-0.2, 0) is 0 Å². The van der Waals surface area contributed by atoms with Crippen molar-refractivity contribution in [2.24, 2.45) is 0 Å². The van der Waals surface area contributed by atoms with Crippen LogP contribution in [0, 0.1) is 6.92 Å². The van der Waals surface area contributed by atoms with E-state index in [1.54, 1.807) is 11.3 Å². The minimum absolute atomic E-state index is 0.335. The van der Waals surface area contributed by atoms with Gasteiger partial charge in [0.2, 0.25) is 0 Å². The third kappa shape index (κ3) is 3.18. The minimum Gasteiger partial charge on any atom is -0.306 e. The molecule has 1 nitrogen and oxygen atoms in total. The number of benzene rings is 1. The normalized spacial score (nSPS) is 12.6. The molecule has 0 spiro atoms. The van der Waals surface area contributed by atoms with E-state index in [1.807, 2.05) is 0 Å². The van der Waals surface area contributed by atoms with E-state index in [0.29, 0.717) is 6.04 Å². The highest BCUT2D eigenvalue weighted by atomic mass is 32.1. The molecule has 0 aliphatic rings. The molecule has 0 saturated carbocycles. The predicted octanol–water partition coefficient (Wildman–Crippen LogP) is 4.15. The molecule has 1 N–H and O–H groups in total. The van der Waals surface area contributed by atoms with Crippen molar-refractivity contribution < 1.29 is 0 Å². The molecule has 2 aromatic rings. The molecule has 0 aliphatic carbocycles. The molecule has 2 heteroatoms. The predicted molar refractivity (Wildman–Crippen MR) is 75.6 cm³/mol. The first kappa shape index (κ1) is 12.3. The summed E-state index contributed by atoms with van der Waals surface area (Å²) in [6, 6.07) is 11.4. The number of thiophene rings is 1. The highest BCUT2D eigenvalue weighted by Gasteiger charge is 2.12. The van der Waals surface area contributed by atoms with Crippen LogP contribution in [0.3, 0.4) is 0 Å². The van der Waals surface area contributed by atoms with Gasteiger partial charge in [0.05, 0.1) is 6.04 Å². The molecule has 0 radical (unpaired) electrons. The maximum atomic E-state index is 3.61. The summed E-state index contributed by atoms with van der Waals surface area (Å²) in [6.07, 6.45) is 1.16. The lowest BCUT2D eigenvalue weighted by atomic mass is 10.00. The van der Waals surface area contributed by atoms with Crippen molar-refractivity contribution in [1.29, 1.82) is 0 Å². The van der Waals surface area contributed by atoms with Crippen LogP contribution in [0.1, 0.15) is 36.1 Å². The van der Waals surface area contributed by atoms with Crippen molar-refractivity contribution in [2.45, 2.75) is 26.3 Å². The van der Waals surface area contributed by atoms with Crippen molar-refractivity contribution in [2.75, 3.05) is 6.54 Å². The Morgan fingerprint density at radius 3 is 2.47 bits per heavy atom. The molecule has 0 fully saturated rings. The van der Waals surface area contributed by atoms with Gasteiger partial charge in [-0.15, -0.1) is 0 Å². The van der Waals surface area contributed by atoms with E-state index in [2.05, 4.69) is 60.3 Å². The summed E-state index contributed by atoms with van der Waals surface area (Å²) in [6.45, 7) is 5.38. The second-order valence-electron chi connectivity index (χ2n) is 4.35. The van der Waals surface area contributed by atoms with Gasteiger partial charge in [0, 0.05) is 0 Å². The van der Waals surface area contributed by atoms with Crippen LogP contribution in [0.15, 0.2) is 41.1 Å². The van der Waals surface area contributed by atoms with E-state index in [4.69, 9.17) is 0 Å². The quantitative estimate of drug-likeness (QED) is 0.834. The van der Waals surface area contributed by atoms with E-state index in [0.717, 1.165) is 13.0 Å². The number of rotatable bonds is 5. The summed E-state index contributed by atoms with van der Waals surface area (Å²) in [4.78, 5) is 0. The fourth-order valence-corrected chi connectivity index (χ4v) is 2.60. The minimum atomic E-state index is 0.335. The second kappa shape index (κ2) is 5.99. The number of aryl methyl sites for hydroxylation is 1. The Kier molecular flexibility index (Phi) is 4.35. The van der Waals surface area contributed by atoms with Gasteiger partial charge in [-0.25, -0.2) is 0 Å². The van der Waals surface area contributed by atoms with E-state index >= 15 is 0 Å². The Balaban J connectivity index is 2.23. The molecule has 0 bridgehead atoms. The lowest BCUT2D eigenvalue weighted by Gasteiger charge is -2.18. The molecule has 1 atom stereocenters. The lowest BCUT2D eigenvalue weighted by Crippen LogP contribution is -2.22. The number of nitrogens with one attached hydrogen (secondary N) is 1. The average molecular weight is 245 g/mol. The molecule has 1 heterocycles. The van der Waals surface area contributed by atoms with Gasteiger partial charge in [-0.3, -0.25) is 0 Å². The molecule has 0 aliphatic heterocycles. The van der Waals surface area contributed by atoms with Crippen LogP contribution in [0.5, 0.6) is 0 Å². The van der Waals surface area contributed by atoms with E-state index in [1.165, 1.54) is 16.7 Å². The van der Waals surface area contributed by atoms with E-state index in [-0.39, 0.29) is 0 Å². The van der Waals surface area contributed by atoms with Crippen molar-refractivity contribution in [3.63, 3.8) is 0 Å². The SMILES string of the molecule is CCCNC(c1ccc(C)cc1)c1ccsc1. The molecule has 1 aromatic heterocycles. The monoisotopic (exact) mass is 245 g/mol. The van der Waals surface area contributed by atoms with Gasteiger partial charge in [0.25, 0.3) is 0 Å². The first-order chi connectivity index (χ1) is 8.31. The zero-order valence-corrected chi connectivity index (χ0v) is 11.3. The number of hydrogen-bond donors (Lipinski definition) is 1. The summed E-state index contributed by atoms with van der Waals surface area (Å²) in [5.74, 6) is 0. The summed E-state index contributed by atoms with van der Waals surface area (Å²) in [7, 11) is 0. The van der Waals surface area contributed by atoms with Gasteiger partial charge in [0.1, 0.15) is 0 Å². The van der Waals surface area contributed by atoms with Crippen molar-refractivity contribution in [1.82, 2.24) is 5.32 Å². The van der Waals surface area contributed by atoms with E-state index < -0.39 is 0 Å². The zero-order valence-electron chi connectivity index (χ0n) is 10.4. The van der Waals surface area contributed by atoms with Crippen molar-refractivity contribution in [3.05, 3.63) is 57.8 Å². The van der Waals surface area contributed by atoms with Gasteiger partial charge < -0.3 is 5.32 Å². The summed E-state index contributed by atoms with van der Waals surface area (Å²) < 4.78 is 0. The van der Waals surface area contributed by atoms with Crippen LogP contribution < -0.4 is 5.32 Å². The van der Waals surface area contributed by atoms with Gasteiger partial charge in [0.15, 0.2) is 0 Å². The third-order valence-corrected chi connectivity index (χ3v) is 3.59. The lowest BCUT2D eigenvalue weighted by molar-refractivity contribution is 0.600. The molecular weight excluding hydrogens is 226 g/mol. The number of hydrogen-bond acceptors (Lipinski definition) is 2. The molecule has 17 heavy (non-hydrogen) atoms. The third-order valence-electron chi connectivity index (χ3n) is 2.89. The fraction of sp³-hybridized carbons (Fsp3) is 0.333. The Morgan fingerprint density at radius 1 is 1.12 bits per heavy atom. The molecule has 0 amide bonds. The maximum absolute atomic E-state index is 3.61. The van der Waals surface area contributed by atoms with Crippen molar-refractivity contribution >= 4 is 11.3 Å². The second-order valence-corrected chi connectivity index (χ2v) is 5.13.